The van der Waals surface area contributed by atoms with Crippen LogP contribution >= 0.6 is 0 Å². The summed E-state index contributed by atoms with van der Waals surface area (Å²) < 4.78 is 1.31. The first kappa shape index (κ1) is 8.54. The van der Waals surface area contributed by atoms with Crippen LogP contribution in [-0.2, 0) is 6.42 Å². The lowest BCUT2D eigenvalue weighted by Crippen LogP contribution is -2.10. The minimum atomic E-state index is -1.16. The minimum absolute atomic E-state index is 0.242. The van der Waals surface area contributed by atoms with Gasteiger partial charge in [0, 0.05) is 0 Å². The minimum Gasteiger partial charge on any atom is -0.475 e. The molecule has 0 saturated carbocycles. The zero-order chi connectivity index (χ0) is 10.1. The van der Waals surface area contributed by atoms with Gasteiger partial charge in [-0.2, -0.15) is 4.52 Å². The quantitative estimate of drug-likeness (QED) is 0.708. The molecule has 0 radical (unpaired) electrons. The van der Waals surface area contributed by atoms with E-state index in [9.17, 15) is 4.79 Å². The molecule has 7 nitrogen and oxygen atoms in total. The summed E-state index contributed by atoms with van der Waals surface area (Å²) in [7, 11) is 0. The fraction of sp³-hybridized carbons (Fsp3) is 0.286. The van der Waals surface area contributed by atoms with Crippen molar-refractivity contribution in [3.05, 3.63) is 17.8 Å². The molecule has 2 heterocycles. The standard InChI is InChI=1S/C7H7N5O2/c1-2-4-6-10-8-3-12(6)11-5(9-4)7(13)14/h3H,2H2,1H3,(H,13,14). The summed E-state index contributed by atoms with van der Waals surface area (Å²) in [6.45, 7) is 1.86. The van der Waals surface area contributed by atoms with Gasteiger partial charge < -0.3 is 5.11 Å². The molecule has 0 amide bonds. The zero-order valence-corrected chi connectivity index (χ0v) is 7.38. The van der Waals surface area contributed by atoms with Crippen molar-refractivity contribution in [3.8, 4) is 0 Å². The first-order valence-electron chi connectivity index (χ1n) is 4.02. The smallest absolute Gasteiger partial charge is 0.375 e. The highest BCUT2D eigenvalue weighted by molar-refractivity contribution is 5.83. The van der Waals surface area contributed by atoms with E-state index in [1.54, 1.807) is 0 Å². The Bertz CT molecular complexity index is 492. The SMILES string of the molecule is CCc1nc(C(=O)O)nn2cnnc12. The normalized spacial score (nSPS) is 10.6. The third-order valence-electron chi connectivity index (χ3n) is 1.76. The van der Waals surface area contributed by atoms with Crippen LogP contribution in [0.2, 0.25) is 0 Å². The van der Waals surface area contributed by atoms with Crippen LogP contribution in [0.3, 0.4) is 0 Å². The molecule has 0 saturated heterocycles. The summed E-state index contributed by atoms with van der Waals surface area (Å²) in [4.78, 5) is 14.5. The second kappa shape index (κ2) is 3.02. The number of nitrogens with zero attached hydrogens (tertiary/aromatic N) is 5. The number of fused-ring (bicyclic) bond motifs is 1. The fourth-order valence-corrected chi connectivity index (χ4v) is 1.12. The molecule has 2 aromatic rings. The molecular weight excluding hydrogens is 186 g/mol. The van der Waals surface area contributed by atoms with Crippen LogP contribution in [0.4, 0.5) is 0 Å². The summed E-state index contributed by atoms with van der Waals surface area (Å²) in [5.41, 5.74) is 1.08. The average Bonchev–Trinajstić information content (AvgIpc) is 2.63. The van der Waals surface area contributed by atoms with Crippen molar-refractivity contribution in [1.82, 2.24) is 24.8 Å². The van der Waals surface area contributed by atoms with Gasteiger partial charge in [-0.15, -0.1) is 15.3 Å². The molecule has 0 spiro atoms. The summed E-state index contributed by atoms with van der Waals surface area (Å²) in [6, 6.07) is 0. The third-order valence-corrected chi connectivity index (χ3v) is 1.76. The molecule has 0 aliphatic heterocycles. The van der Waals surface area contributed by atoms with Gasteiger partial charge in [0.1, 0.15) is 6.33 Å². The van der Waals surface area contributed by atoms with Crippen molar-refractivity contribution in [2.45, 2.75) is 13.3 Å². The second-order valence-electron chi connectivity index (χ2n) is 2.64. The predicted octanol–water partition coefficient (Wildman–Crippen LogP) is -0.220. The highest BCUT2D eigenvalue weighted by Crippen LogP contribution is 2.04. The van der Waals surface area contributed by atoms with Crippen LogP contribution in [0.5, 0.6) is 0 Å². The summed E-state index contributed by atoms with van der Waals surface area (Å²) in [5.74, 6) is -1.40. The Morgan fingerprint density at radius 1 is 1.64 bits per heavy atom. The van der Waals surface area contributed by atoms with Crippen molar-refractivity contribution < 1.29 is 9.90 Å². The predicted molar refractivity (Wildman–Crippen MR) is 44.9 cm³/mol. The van der Waals surface area contributed by atoms with Gasteiger partial charge >= 0.3 is 5.97 Å². The van der Waals surface area contributed by atoms with Crippen LogP contribution < -0.4 is 0 Å². The molecule has 2 aromatic heterocycles. The van der Waals surface area contributed by atoms with E-state index >= 15 is 0 Å². The van der Waals surface area contributed by atoms with Crippen LogP contribution in [0.1, 0.15) is 23.2 Å². The lowest BCUT2D eigenvalue weighted by Gasteiger charge is -1.99. The monoisotopic (exact) mass is 193 g/mol. The van der Waals surface area contributed by atoms with Crippen molar-refractivity contribution in [2.24, 2.45) is 0 Å². The van der Waals surface area contributed by atoms with Crippen molar-refractivity contribution >= 4 is 11.6 Å². The van der Waals surface area contributed by atoms with Crippen molar-refractivity contribution in [3.63, 3.8) is 0 Å². The number of carbonyl (C=O) groups is 1. The maximum atomic E-state index is 10.7. The maximum Gasteiger partial charge on any atom is 0.375 e. The average molecular weight is 193 g/mol. The van der Waals surface area contributed by atoms with E-state index in [2.05, 4.69) is 20.3 Å². The Balaban J connectivity index is 2.73. The van der Waals surface area contributed by atoms with Gasteiger partial charge in [0.15, 0.2) is 5.65 Å². The molecule has 0 unspecified atom stereocenters. The Morgan fingerprint density at radius 3 is 3.07 bits per heavy atom. The Morgan fingerprint density at radius 2 is 2.43 bits per heavy atom. The van der Waals surface area contributed by atoms with E-state index in [-0.39, 0.29) is 5.82 Å². The first-order chi connectivity index (χ1) is 6.72. The maximum absolute atomic E-state index is 10.7. The van der Waals surface area contributed by atoms with Crippen molar-refractivity contribution in [2.75, 3.05) is 0 Å². The molecule has 2 rings (SSSR count). The highest BCUT2D eigenvalue weighted by atomic mass is 16.4. The summed E-state index contributed by atoms with van der Waals surface area (Å²) in [5, 5.41) is 19.9. The van der Waals surface area contributed by atoms with E-state index in [4.69, 9.17) is 5.11 Å². The van der Waals surface area contributed by atoms with E-state index in [0.29, 0.717) is 17.8 Å². The number of hydrogen-bond donors (Lipinski definition) is 1. The molecule has 0 aliphatic carbocycles. The number of aryl methyl sites for hydroxylation is 1. The number of rotatable bonds is 2. The van der Waals surface area contributed by atoms with E-state index in [1.807, 2.05) is 6.92 Å². The van der Waals surface area contributed by atoms with Crippen LogP contribution in [0.15, 0.2) is 6.33 Å². The van der Waals surface area contributed by atoms with Crippen LogP contribution in [0.25, 0.3) is 5.65 Å². The Kier molecular flexibility index (Phi) is 1.84. The largest absolute Gasteiger partial charge is 0.475 e. The second-order valence-corrected chi connectivity index (χ2v) is 2.64. The van der Waals surface area contributed by atoms with E-state index < -0.39 is 5.97 Å². The Labute approximate surface area is 78.4 Å². The highest BCUT2D eigenvalue weighted by Gasteiger charge is 2.12. The number of aromatic nitrogens is 5. The molecule has 7 heteroatoms. The van der Waals surface area contributed by atoms with E-state index in [1.165, 1.54) is 10.8 Å². The Hall–Kier alpha value is -2.05. The first-order valence-corrected chi connectivity index (χ1v) is 4.02. The van der Waals surface area contributed by atoms with Gasteiger partial charge in [0.05, 0.1) is 5.69 Å². The molecule has 0 aromatic carbocycles. The number of hydrogen-bond acceptors (Lipinski definition) is 5. The van der Waals surface area contributed by atoms with Crippen molar-refractivity contribution in [1.29, 1.82) is 0 Å². The van der Waals surface area contributed by atoms with Gasteiger partial charge in [-0.05, 0) is 6.42 Å². The molecule has 0 fully saturated rings. The summed E-state index contributed by atoms with van der Waals surface area (Å²) >= 11 is 0. The molecule has 1 N–H and O–H groups in total. The number of aromatic carboxylic acids is 1. The lowest BCUT2D eigenvalue weighted by molar-refractivity contribution is 0.0681. The third kappa shape index (κ3) is 1.18. The van der Waals surface area contributed by atoms with Crippen LogP contribution in [-0.4, -0.2) is 35.9 Å². The number of carboxylic acids is 1. The van der Waals surface area contributed by atoms with Gasteiger partial charge in [-0.25, -0.2) is 9.78 Å². The molecule has 0 aliphatic rings. The number of carboxylic acid groups (broad SMARTS) is 1. The lowest BCUT2D eigenvalue weighted by atomic mass is 10.3. The molecule has 14 heavy (non-hydrogen) atoms. The fourth-order valence-electron chi connectivity index (χ4n) is 1.12. The molecular formula is C7H7N5O2. The molecule has 0 bridgehead atoms. The van der Waals surface area contributed by atoms with E-state index in [0.717, 1.165) is 0 Å². The zero-order valence-electron chi connectivity index (χ0n) is 7.38. The van der Waals surface area contributed by atoms with Gasteiger partial charge in [0.25, 0.3) is 5.82 Å². The van der Waals surface area contributed by atoms with Crippen LogP contribution in [0, 0.1) is 0 Å². The molecule has 72 valence electrons. The molecule has 0 atom stereocenters. The van der Waals surface area contributed by atoms with Gasteiger partial charge in [-0.1, -0.05) is 6.92 Å². The summed E-state index contributed by atoms with van der Waals surface area (Å²) in [6.07, 6.45) is 1.94. The van der Waals surface area contributed by atoms with Gasteiger partial charge in [0.2, 0.25) is 0 Å². The van der Waals surface area contributed by atoms with Gasteiger partial charge in [-0.3, -0.25) is 0 Å². The topological polar surface area (TPSA) is 93.3 Å².